The molecule has 15 atom stereocenters. The number of carboxylic acids is 1. The lowest BCUT2D eigenvalue weighted by atomic mass is 9.33. The number of carbonyl (C=O) groups excluding carboxylic acids is 1. The van der Waals surface area contributed by atoms with Crippen LogP contribution in [0.5, 0.6) is 0 Å². The number of fused-ring (bicyclic) bond motifs is 7. The first-order valence-electron chi connectivity index (χ1n) is 17.5. The lowest BCUT2D eigenvalue weighted by molar-refractivity contribution is -0.328. The van der Waals surface area contributed by atoms with Crippen LogP contribution in [0.4, 0.5) is 0 Å². The van der Waals surface area contributed by atoms with Gasteiger partial charge in [-0.25, -0.2) is 0 Å². The fourth-order valence-corrected chi connectivity index (χ4v) is 12.3. The maximum Gasteiger partial charge on any atom is 0.311 e. The molecule has 6 rings (SSSR count). The Hall–Kier alpha value is -1.60. The number of hydrogen-bond acceptors (Lipinski definition) is 10. The highest BCUT2D eigenvalue weighted by Gasteiger charge is 2.71. The number of aliphatic carboxylic acids is 1. The molecule has 0 aromatic heterocycles. The predicted octanol–water partition coefficient (Wildman–Crippen LogP) is 2.79. The third-order valence-electron chi connectivity index (χ3n) is 15.3. The molecule has 11 nitrogen and oxygen atoms in total. The van der Waals surface area contributed by atoms with Gasteiger partial charge >= 0.3 is 11.9 Å². The Bertz CT molecular complexity index is 1300. The van der Waals surface area contributed by atoms with Gasteiger partial charge in [-0.05, 0) is 98.7 Å². The minimum Gasteiger partial charge on any atom is -0.481 e. The first-order chi connectivity index (χ1) is 21.9. The molecule has 266 valence electrons. The molecular weight excluding hydrogens is 608 g/mol. The van der Waals surface area contributed by atoms with Gasteiger partial charge in [0.25, 0.3) is 0 Å². The highest BCUT2D eigenvalue weighted by atomic mass is 16.7. The summed E-state index contributed by atoms with van der Waals surface area (Å²) in [5, 5.41) is 64.3. The van der Waals surface area contributed by atoms with E-state index in [1.54, 1.807) is 0 Å². The first kappa shape index (κ1) is 35.2. The van der Waals surface area contributed by atoms with Gasteiger partial charge in [0, 0.05) is 5.41 Å². The van der Waals surface area contributed by atoms with Gasteiger partial charge in [-0.2, -0.15) is 0 Å². The Morgan fingerprint density at radius 3 is 2.23 bits per heavy atom. The molecule has 6 aliphatic rings. The Labute approximate surface area is 277 Å². The molecule has 0 amide bonds. The van der Waals surface area contributed by atoms with E-state index in [9.17, 15) is 40.2 Å². The third-order valence-corrected chi connectivity index (χ3v) is 15.3. The van der Waals surface area contributed by atoms with Crippen LogP contribution in [0.2, 0.25) is 0 Å². The van der Waals surface area contributed by atoms with Crippen molar-refractivity contribution in [1.29, 1.82) is 0 Å². The molecule has 5 fully saturated rings. The van der Waals surface area contributed by atoms with Gasteiger partial charge < -0.3 is 44.8 Å². The molecule has 1 heterocycles. The van der Waals surface area contributed by atoms with E-state index < -0.39 is 64.4 Å². The van der Waals surface area contributed by atoms with Crippen molar-refractivity contribution in [3.8, 4) is 0 Å². The summed E-state index contributed by atoms with van der Waals surface area (Å²) in [6, 6.07) is 0. The monoisotopic (exact) mass is 664 g/mol. The number of rotatable bonds is 5. The van der Waals surface area contributed by atoms with Gasteiger partial charge in [0.2, 0.25) is 0 Å². The average Bonchev–Trinajstić information content (AvgIpc) is 3.02. The summed E-state index contributed by atoms with van der Waals surface area (Å²) in [4.78, 5) is 26.1. The second kappa shape index (κ2) is 11.5. The molecule has 0 aromatic rings. The van der Waals surface area contributed by atoms with E-state index >= 15 is 0 Å². The van der Waals surface area contributed by atoms with Gasteiger partial charge in [0.1, 0.15) is 18.3 Å². The van der Waals surface area contributed by atoms with Gasteiger partial charge in [0.05, 0.1) is 43.4 Å². The van der Waals surface area contributed by atoms with Crippen molar-refractivity contribution in [2.75, 3.05) is 20.3 Å². The van der Waals surface area contributed by atoms with Crippen molar-refractivity contribution < 1.29 is 54.4 Å². The molecule has 47 heavy (non-hydrogen) atoms. The van der Waals surface area contributed by atoms with Crippen molar-refractivity contribution in [3.05, 3.63) is 11.6 Å². The number of ether oxygens (including phenoxy) is 3. The van der Waals surface area contributed by atoms with Gasteiger partial charge in [-0.1, -0.05) is 39.3 Å². The number of aliphatic hydroxyl groups is 5. The summed E-state index contributed by atoms with van der Waals surface area (Å²) >= 11 is 0. The average molecular weight is 665 g/mol. The van der Waals surface area contributed by atoms with Crippen LogP contribution in [0.25, 0.3) is 0 Å². The SMILES string of the molecule is COC(=O)[C@]1(C)CC[C@@]2(C(=O)O)CC[C@@]3(C)C(=CC[C@H]4[C@]5(C)C[C@@H](O)[C@@H](O[C@H]6OC[C@H](O)[C@@H](O)[C@@H]6O)[C@](C)(CO)[C@H]5CC[C@@]43C)[C@H]2C1. The molecule has 0 spiro atoms. The topological polar surface area (TPSA) is 183 Å². The number of methoxy groups -OCH3 is 1. The molecule has 0 aromatic carbocycles. The maximum absolute atomic E-state index is 13.1. The molecule has 0 radical (unpaired) electrons. The van der Waals surface area contributed by atoms with E-state index in [1.165, 1.54) is 7.11 Å². The molecule has 4 saturated carbocycles. The number of hydrogen-bond donors (Lipinski definition) is 6. The first-order valence-corrected chi connectivity index (χ1v) is 17.5. The summed E-state index contributed by atoms with van der Waals surface area (Å²) in [6.45, 7) is 10.2. The van der Waals surface area contributed by atoms with Gasteiger partial charge in [-0.15, -0.1) is 0 Å². The number of esters is 1. The minimum absolute atomic E-state index is 0.0553. The minimum atomic E-state index is -1.51. The maximum atomic E-state index is 13.1. The smallest absolute Gasteiger partial charge is 0.311 e. The fraction of sp³-hybridized carbons (Fsp3) is 0.889. The highest BCUT2D eigenvalue weighted by molar-refractivity contribution is 5.80. The summed E-state index contributed by atoms with van der Waals surface area (Å²) in [7, 11) is 1.40. The van der Waals surface area contributed by atoms with E-state index in [0.29, 0.717) is 38.5 Å². The zero-order chi connectivity index (χ0) is 34.5. The molecule has 0 bridgehead atoms. The van der Waals surface area contributed by atoms with Crippen LogP contribution in [0.3, 0.4) is 0 Å². The Morgan fingerprint density at radius 2 is 1.60 bits per heavy atom. The summed E-state index contributed by atoms with van der Waals surface area (Å²) in [6.07, 6.45) is 0.204. The van der Waals surface area contributed by atoms with Crippen molar-refractivity contribution >= 4 is 11.9 Å². The zero-order valence-electron chi connectivity index (χ0n) is 28.8. The van der Waals surface area contributed by atoms with E-state index in [2.05, 4.69) is 26.8 Å². The summed E-state index contributed by atoms with van der Waals surface area (Å²) < 4.78 is 17.0. The van der Waals surface area contributed by atoms with Gasteiger partial charge in [-0.3, -0.25) is 9.59 Å². The predicted molar refractivity (Wildman–Crippen MR) is 168 cm³/mol. The van der Waals surface area contributed by atoms with Crippen molar-refractivity contribution in [3.63, 3.8) is 0 Å². The van der Waals surface area contributed by atoms with Crippen molar-refractivity contribution in [2.24, 2.45) is 50.2 Å². The lowest BCUT2D eigenvalue weighted by Gasteiger charge is -2.71. The largest absolute Gasteiger partial charge is 0.481 e. The third kappa shape index (κ3) is 4.69. The zero-order valence-corrected chi connectivity index (χ0v) is 28.8. The number of carboxylic acid groups (broad SMARTS) is 1. The van der Waals surface area contributed by atoms with Crippen molar-refractivity contribution in [1.82, 2.24) is 0 Å². The second-order valence-electron chi connectivity index (χ2n) is 17.3. The normalized spacial score (nSPS) is 54.2. The molecule has 5 aliphatic carbocycles. The lowest BCUT2D eigenvalue weighted by Crippen LogP contribution is -2.69. The Kier molecular flexibility index (Phi) is 8.60. The molecule has 6 N–H and O–H groups in total. The van der Waals surface area contributed by atoms with Crippen molar-refractivity contribution in [2.45, 2.75) is 129 Å². The standard InChI is InChI=1S/C36H56O11/c1-31(30(44)45-6)11-13-36(29(42)43)14-12-34(4)19(20(36)15-31)7-8-24-32(2)16-21(38)27(47-28-26(41)25(40)22(39)17-46-28)33(3,18-37)23(32)9-10-35(24,34)5/h7,20-28,37-41H,8-18H2,1-6H3,(H,42,43)/t20-,21-,22+,23+,24+,25-,26+,27-,28-,31-,32-,33-,34+,35+,36-/m1/s1. The van der Waals surface area contributed by atoms with Crippen LogP contribution in [-0.2, 0) is 23.8 Å². The summed E-state index contributed by atoms with van der Waals surface area (Å²) in [5.41, 5.74) is -2.39. The van der Waals surface area contributed by atoms with Crippen LogP contribution in [0, 0.1) is 50.2 Å². The number of carbonyl (C=O) groups is 2. The number of aliphatic hydroxyl groups excluding tert-OH is 5. The quantitative estimate of drug-likeness (QED) is 0.144. The fourth-order valence-electron chi connectivity index (χ4n) is 12.3. The second-order valence-corrected chi connectivity index (χ2v) is 17.3. The molecule has 0 unspecified atom stereocenters. The molecule has 1 aliphatic heterocycles. The van der Waals surface area contributed by atoms with E-state index in [-0.39, 0.29) is 47.8 Å². The van der Waals surface area contributed by atoms with Crippen LogP contribution in [-0.4, -0.2) is 99.7 Å². The molecule has 1 saturated heterocycles. The highest BCUT2D eigenvalue weighted by Crippen LogP contribution is 2.76. The van der Waals surface area contributed by atoms with Gasteiger partial charge in [0.15, 0.2) is 6.29 Å². The molecular formula is C36H56O11. The van der Waals surface area contributed by atoms with Crippen LogP contribution < -0.4 is 0 Å². The molecule has 11 heteroatoms. The van der Waals surface area contributed by atoms with E-state index in [4.69, 9.17) is 14.2 Å². The summed E-state index contributed by atoms with van der Waals surface area (Å²) in [5.74, 6) is -1.29. The van der Waals surface area contributed by atoms with Crippen LogP contribution in [0.1, 0.15) is 92.4 Å². The Morgan fingerprint density at radius 1 is 0.915 bits per heavy atom. The van der Waals surface area contributed by atoms with Crippen LogP contribution >= 0.6 is 0 Å². The van der Waals surface area contributed by atoms with E-state index in [0.717, 1.165) is 24.8 Å². The Balaban J connectivity index is 1.35. The number of allylic oxidation sites excluding steroid dienone is 2. The van der Waals surface area contributed by atoms with Crippen LogP contribution in [0.15, 0.2) is 11.6 Å². The van der Waals surface area contributed by atoms with E-state index in [1.807, 2.05) is 13.8 Å².